The van der Waals surface area contributed by atoms with Gasteiger partial charge in [-0.05, 0) is 19.8 Å². The average molecular weight is 398 g/mol. The second-order valence-electron chi connectivity index (χ2n) is 7.08. The van der Waals surface area contributed by atoms with Gasteiger partial charge in [0.1, 0.15) is 5.82 Å². The van der Waals surface area contributed by atoms with Crippen LogP contribution in [0.5, 0.6) is 0 Å². The third kappa shape index (κ3) is 3.30. The van der Waals surface area contributed by atoms with E-state index in [4.69, 9.17) is 0 Å². The quantitative estimate of drug-likeness (QED) is 0.480. The van der Waals surface area contributed by atoms with E-state index in [-0.39, 0.29) is 17.3 Å². The Morgan fingerprint density at radius 2 is 1.72 bits per heavy atom. The van der Waals surface area contributed by atoms with Crippen molar-refractivity contribution in [2.45, 2.75) is 25.8 Å². The molecule has 29 heavy (non-hydrogen) atoms. The van der Waals surface area contributed by atoms with E-state index in [1.165, 1.54) is 37.0 Å². The zero-order valence-corrected chi connectivity index (χ0v) is 16.0. The van der Waals surface area contributed by atoms with Crippen molar-refractivity contribution in [2.75, 3.05) is 18.0 Å². The summed E-state index contributed by atoms with van der Waals surface area (Å²) in [5.41, 5.74) is -0.366. The zero-order valence-electron chi connectivity index (χ0n) is 16.0. The Bertz CT molecular complexity index is 1210. The van der Waals surface area contributed by atoms with Crippen LogP contribution in [0.4, 0.5) is 10.3 Å². The highest BCUT2D eigenvalue weighted by Gasteiger charge is 2.26. The Balaban J connectivity index is 1.63. The van der Waals surface area contributed by atoms with Crippen molar-refractivity contribution in [1.82, 2.24) is 24.1 Å². The number of fused-ring (bicyclic) bond motifs is 1. The fourth-order valence-electron chi connectivity index (χ4n) is 3.64. The molecular weight excluding hydrogens is 379 g/mol. The lowest BCUT2D eigenvalue weighted by Gasteiger charge is -2.33. The molecule has 1 aliphatic heterocycles. The van der Waals surface area contributed by atoms with Crippen molar-refractivity contribution < 1.29 is 9.18 Å². The van der Waals surface area contributed by atoms with Gasteiger partial charge in [-0.2, -0.15) is 0 Å². The molecular formula is C19H19FN6O3. The standard InChI is InChI=1S/C19H19FN6O3/c1-11(27)12-8-22-19(23-9-12)25-5-3-14(4-6-25)26-16-15(7-13(20)10-21-16)24(2)17(28)18(26)29/h7-10,14H,3-6H2,1-2H3. The number of aryl methyl sites for hydroxylation is 1. The highest BCUT2D eigenvalue weighted by molar-refractivity contribution is 5.93. The predicted molar refractivity (Wildman–Crippen MR) is 104 cm³/mol. The molecule has 3 aromatic rings. The normalized spacial score (nSPS) is 15.1. The number of pyridine rings is 1. The van der Waals surface area contributed by atoms with Gasteiger partial charge in [0.25, 0.3) is 0 Å². The van der Waals surface area contributed by atoms with Crippen molar-refractivity contribution in [3.8, 4) is 0 Å². The second kappa shape index (κ2) is 7.19. The van der Waals surface area contributed by atoms with Crippen molar-refractivity contribution in [3.63, 3.8) is 0 Å². The van der Waals surface area contributed by atoms with Crippen LogP contribution < -0.4 is 16.0 Å². The van der Waals surface area contributed by atoms with Crippen LogP contribution in [-0.4, -0.2) is 43.0 Å². The topological polar surface area (TPSA) is 103 Å². The van der Waals surface area contributed by atoms with Crippen LogP contribution in [0.15, 0.2) is 34.2 Å². The monoisotopic (exact) mass is 398 g/mol. The number of anilines is 1. The van der Waals surface area contributed by atoms with Gasteiger partial charge < -0.3 is 9.47 Å². The summed E-state index contributed by atoms with van der Waals surface area (Å²) in [5.74, 6) is -0.162. The molecule has 0 unspecified atom stereocenters. The Kier molecular flexibility index (Phi) is 4.69. The molecule has 0 amide bonds. The smallest absolute Gasteiger partial charge is 0.318 e. The van der Waals surface area contributed by atoms with Gasteiger partial charge in [-0.1, -0.05) is 0 Å². The van der Waals surface area contributed by atoms with Crippen LogP contribution in [-0.2, 0) is 7.05 Å². The number of carbonyl (C=O) groups excluding carboxylic acids is 1. The van der Waals surface area contributed by atoms with Crippen LogP contribution in [0.1, 0.15) is 36.2 Å². The molecule has 4 heterocycles. The van der Waals surface area contributed by atoms with E-state index in [9.17, 15) is 18.8 Å². The van der Waals surface area contributed by atoms with E-state index in [1.807, 2.05) is 4.90 Å². The summed E-state index contributed by atoms with van der Waals surface area (Å²) in [7, 11) is 1.43. The predicted octanol–water partition coefficient (Wildman–Crippen LogP) is 1.07. The molecule has 10 heteroatoms. The summed E-state index contributed by atoms with van der Waals surface area (Å²) in [4.78, 5) is 50.9. The summed E-state index contributed by atoms with van der Waals surface area (Å²) < 4.78 is 16.1. The Morgan fingerprint density at radius 1 is 1.07 bits per heavy atom. The van der Waals surface area contributed by atoms with E-state index in [2.05, 4.69) is 15.0 Å². The molecule has 150 valence electrons. The molecule has 1 saturated heterocycles. The number of rotatable bonds is 3. The molecule has 9 nitrogen and oxygen atoms in total. The summed E-state index contributed by atoms with van der Waals surface area (Å²) in [6.45, 7) is 2.58. The van der Waals surface area contributed by atoms with Gasteiger partial charge in [-0.25, -0.2) is 19.3 Å². The molecule has 0 saturated carbocycles. The number of aromatic nitrogens is 5. The van der Waals surface area contributed by atoms with Crippen LogP contribution in [0.2, 0.25) is 0 Å². The molecule has 3 aromatic heterocycles. The Labute approximate surface area is 164 Å². The third-order valence-electron chi connectivity index (χ3n) is 5.27. The molecule has 1 fully saturated rings. The summed E-state index contributed by atoms with van der Waals surface area (Å²) in [5, 5.41) is 0. The molecule has 0 N–H and O–H groups in total. The van der Waals surface area contributed by atoms with Gasteiger partial charge in [-0.15, -0.1) is 0 Å². The Morgan fingerprint density at radius 3 is 2.34 bits per heavy atom. The van der Waals surface area contributed by atoms with E-state index in [1.54, 1.807) is 0 Å². The molecule has 1 aliphatic rings. The van der Waals surface area contributed by atoms with Gasteiger partial charge in [-0.3, -0.25) is 19.0 Å². The molecule has 0 atom stereocenters. The molecule has 4 rings (SSSR count). The lowest BCUT2D eigenvalue weighted by Crippen LogP contribution is -2.45. The summed E-state index contributed by atoms with van der Waals surface area (Å²) >= 11 is 0. The number of hydrogen-bond acceptors (Lipinski definition) is 7. The number of hydrogen-bond donors (Lipinski definition) is 0. The largest absolute Gasteiger partial charge is 0.341 e. The second-order valence-corrected chi connectivity index (χ2v) is 7.08. The minimum absolute atomic E-state index is 0.101. The van der Waals surface area contributed by atoms with Gasteiger partial charge >= 0.3 is 11.1 Å². The van der Waals surface area contributed by atoms with E-state index < -0.39 is 16.9 Å². The fraction of sp³-hybridized carbons (Fsp3) is 0.368. The molecule has 0 bridgehead atoms. The summed E-state index contributed by atoms with van der Waals surface area (Å²) in [6.07, 6.45) is 5.17. The number of ketones is 1. The number of Topliss-reactive ketones (excluding diaryl/α,β-unsaturated/α-hetero) is 1. The summed E-state index contributed by atoms with van der Waals surface area (Å²) in [6, 6.07) is 0.962. The molecule has 0 aliphatic carbocycles. The van der Waals surface area contributed by atoms with E-state index in [0.29, 0.717) is 43.1 Å². The lowest BCUT2D eigenvalue weighted by molar-refractivity contribution is 0.101. The minimum Gasteiger partial charge on any atom is -0.341 e. The van der Waals surface area contributed by atoms with Crippen LogP contribution in [0.3, 0.4) is 0 Å². The fourth-order valence-corrected chi connectivity index (χ4v) is 3.64. The molecule has 0 radical (unpaired) electrons. The van der Waals surface area contributed by atoms with Gasteiger partial charge in [0.2, 0.25) is 5.95 Å². The van der Waals surface area contributed by atoms with E-state index in [0.717, 1.165) is 10.8 Å². The highest BCUT2D eigenvalue weighted by atomic mass is 19.1. The first kappa shape index (κ1) is 18.9. The third-order valence-corrected chi connectivity index (χ3v) is 5.27. The molecule has 0 aromatic carbocycles. The van der Waals surface area contributed by atoms with Crippen molar-refractivity contribution in [2.24, 2.45) is 7.05 Å². The average Bonchev–Trinajstić information content (AvgIpc) is 2.73. The number of carbonyl (C=O) groups is 1. The number of piperidine rings is 1. The maximum atomic E-state index is 13.6. The first-order chi connectivity index (χ1) is 13.9. The first-order valence-corrected chi connectivity index (χ1v) is 9.21. The SMILES string of the molecule is CC(=O)c1cnc(N2CCC(n3c(=O)c(=O)n(C)c4cc(F)cnc43)CC2)nc1. The van der Waals surface area contributed by atoms with Crippen molar-refractivity contribution in [3.05, 3.63) is 56.7 Å². The van der Waals surface area contributed by atoms with E-state index >= 15 is 0 Å². The number of halogens is 1. The van der Waals surface area contributed by atoms with Crippen LogP contribution >= 0.6 is 0 Å². The first-order valence-electron chi connectivity index (χ1n) is 9.21. The van der Waals surface area contributed by atoms with Gasteiger partial charge in [0.15, 0.2) is 11.4 Å². The maximum Gasteiger partial charge on any atom is 0.318 e. The lowest BCUT2D eigenvalue weighted by atomic mass is 10.0. The highest BCUT2D eigenvalue weighted by Crippen LogP contribution is 2.25. The minimum atomic E-state index is -0.713. The van der Waals surface area contributed by atoms with Gasteiger partial charge in [0, 0.05) is 44.6 Å². The zero-order chi connectivity index (χ0) is 20.7. The van der Waals surface area contributed by atoms with Crippen molar-refractivity contribution in [1.29, 1.82) is 0 Å². The van der Waals surface area contributed by atoms with Crippen molar-refractivity contribution >= 4 is 22.9 Å². The number of nitrogens with zero attached hydrogens (tertiary/aromatic N) is 6. The Hall–Kier alpha value is -3.43. The van der Waals surface area contributed by atoms with Crippen LogP contribution in [0.25, 0.3) is 11.2 Å². The molecule has 0 spiro atoms. The van der Waals surface area contributed by atoms with Crippen LogP contribution in [0, 0.1) is 5.82 Å². The maximum absolute atomic E-state index is 13.6. The van der Waals surface area contributed by atoms with Gasteiger partial charge in [0.05, 0.1) is 17.3 Å².